The number of Topliss-reactive ketones (excluding diaryl/α,β-unsaturated/α-hetero) is 1. The van der Waals surface area contributed by atoms with Crippen LogP contribution >= 0.6 is 0 Å². The minimum atomic E-state index is 0.102. The van der Waals surface area contributed by atoms with Crippen LogP contribution in [0.5, 0.6) is 0 Å². The molecule has 0 atom stereocenters. The van der Waals surface area contributed by atoms with Crippen molar-refractivity contribution in [3.8, 4) is 0 Å². The lowest BCUT2D eigenvalue weighted by atomic mass is 10.1. The van der Waals surface area contributed by atoms with Gasteiger partial charge in [-0.25, -0.2) is 4.98 Å². The third-order valence-electron chi connectivity index (χ3n) is 2.34. The molecule has 1 aromatic heterocycles. The Morgan fingerprint density at radius 1 is 1.33 bits per heavy atom. The van der Waals surface area contributed by atoms with Crippen molar-refractivity contribution in [1.82, 2.24) is 9.55 Å². The van der Waals surface area contributed by atoms with Crippen LogP contribution in [0.15, 0.2) is 42.7 Å². The third-order valence-corrected chi connectivity index (χ3v) is 2.34. The lowest BCUT2D eigenvalue weighted by Crippen LogP contribution is -2.07. The van der Waals surface area contributed by atoms with Crippen LogP contribution in [-0.4, -0.2) is 15.3 Å². The van der Waals surface area contributed by atoms with E-state index in [0.29, 0.717) is 6.42 Å². The Kier molecular flexibility index (Phi) is 2.63. The van der Waals surface area contributed by atoms with Crippen molar-refractivity contribution in [2.75, 3.05) is 0 Å². The molecule has 2 rings (SSSR count). The van der Waals surface area contributed by atoms with E-state index in [1.54, 1.807) is 6.20 Å². The number of hydrogen-bond donors (Lipinski definition) is 0. The quantitative estimate of drug-likeness (QED) is 0.709. The molecule has 0 saturated carbocycles. The van der Waals surface area contributed by atoms with E-state index in [9.17, 15) is 4.79 Å². The maximum atomic E-state index is 11.8. The van der Waals surface area contributed by atoms with Gasteiger partial charge in [0.2, 0.25) is 0 Å². The Morgan fingerprint density at radius 3 is 2.67 bits per heavy atom. The topological polar surface area (TPSA) is 34.9 Å². The molecule has 3 heteroatoms. The molecule has 0 bridgehead atoms. The average molecular weight is 200 g/mol. The number of rotatable bonds is 3. The van der Waals surface area contributed by atoms with Crippen LogP contribution in [0.2, 0.25) is 0 Å². The van der Waals surface area contributed by atoms with Gasteiger partial charge in [0.1, 0.15) is 5.82 Å². The minimum absolute atomic E-state index is 0.102. The molecule has 0 fully saturated rings. The van der Waals surface area contributed by atoms with Gasteiger partial charge in [0.05, 0.1) is 6.42 Å². The number of ketones is 1. The first-order valence-corrected chi connectivity index (χ1v) is 4.82. The van der Waals surface area contributed by atoms with E-state index in [-0.39, 0.29) is 5.78 Å². The number of carbonyl (C=O) groups is 1. The lowest BCUT2D eigenvalue weighted by Gasteiger charge is -2.01. The second kappa shape index (κ2) is 4.09. The summed E-state index contributed by atoms with van der Waals surface area (Å²) in [5, 5.41) is 0. The van der Waals surface area contributed by atoms with E-state index in [2.05, 4.69) is 4.98 Å². The maximum absolute atomic E-state index is 11.8. The molecule has 0 unspecified atom stereocenters. The summed E-state index contributed by atoms with van der Waals surface area (Å²) in [5.41, 5.74) is 0.737. The summed E-state index contributed by atoms with van der Waals surface area (Å²) in [6, 6.07) is 9.28. The van der Waals surface area contributed by atoms with Crippen LogP contribution in [-0.2, 0) is 13.5 Å². The van der Waals surface area contributed by atoms with Crippen molar-refractivity contribution in [2.24, 2.45) is 7.05 Å². The molecular formula is C12H12N2O. The van der Waals surface area contributed by atoms with Gasteiger partial charge in [0.15, 0.2) is 5.78 Å². The summed E-state index contributed by atoms with van der Waals surface area (Å²) < 4.78 is 1.86. The first-order valence-electron chi connectivity index (χ1n) is 4.82. The summed E-state index contributed by atoms with van der Waals surface area (Å²) in [4.78, 5) is 15.9. The van der Waals surface area contributed by atoms with E-state index in [1.165, 1.54) is 0 Å². The molecule has 76 valence electrons. The molecule has 0 saturated heterocycles. The van der Waals surface area contributed by atoms with Crippen LogP contribution in [0.4, 0.5) is 0 Å². The number of aromatic nitrogens is 2. The molecule has 0 aliphatic heterocycles. The summed E-state index contributed by atoms with van der Waals surface area (Å²) in [5.74, 6) is 0.897. The molecule has 0 aliphatic rings. The SMILES string of the molecule is Cn1ccnc1CC(=O)c1ccccc1. The third kappa shape index (κ3) is 2.13. The summed E-state index contributed by atoms with van der Waals surface area (Å²) in [6.45, 7) is 0. The predicted octanol–water partition coefficient (Wildman–Crippen LogP) is 1.85. The highest BCUT2D eigenvalue weighted by molar-refractivity contribution is 5.97. The molecule has 3 nitrogen and oxygen atoms in total. The Labute approximate surface area is 88.4 Å². The molecule has 1 aromatic carbocycles. The van der Waals surface area contributed by atoms with Gasteiger partial charge >= 0.3 is 0 Å². The van der Waals surface area contributed by atoms with E-state index in [1.807, 2.05) is 48.1 Å². The maximum Gasteiger partial charge on any atom is 0.170 e. The number of imidazole rings is 1. The Morgan fingerprint density at radius 2 is 2.07 bits per heavy atom. The number of carbonyl (C=O) groups excluding carboxylic acids is 1. The number of nitrogens with zero attached hydrogens (tertiary/aromatic N) is 2. The molecule has 1 heterocycles. The largest absolute Gasteiger partial charge is 0.338 e. The molecule has 15 heavy (non-hydrogen) atoms. The molecule has 0 amide bonds. The van der Waals surface area contributed by atoms with Gasteiger partial charge in [-0.15, -0.1) is 0 Å². The smallest absolute Gasteiger partial charge is 0.170 e. The second-order valence-electron chi connectivity index (χ2n) is 3.42. The van der Waals surface area contributed by atoms with Crippen LogP contribution in [0, 0.1) is 0 Å². The fourth-order valence-electron chi connectivity index (χ4n) is 1.44. The zero-order valence-electron chi connectivity index (χ0n) is 8.55. The fourth-order valence-corrected chi connectivity index (χ4v) is 1.44. The van der Waals surface area contributed by atoms with Crippen LogP contribution < -0.4 is 0 Å². The highest BCUT2D eigenvalue weighted by atomic mass is 16.1. The lowest BCUT2D eigenvalue weighted by molar-refractivity contribution is 0.0990. The molecule has 0 radical (unpaired) electrons. The van der Waals surface area contributed by atoms with Crippen molar-refractivity contribution in [1.29, 1.82) is 0 Å². The first kappa shape index (κ1) is 9.65. The standard InChI is InChI=1S/C12H12N2O/c1-14-8-7-13-12(14)9-11(15)10-5-3-2-4-6-10/h2-8H,9H2,1H3. The van der Waals surface area contributed by atoms with Crippen molar-refractivity contribution in [2.45, 2.75) is 6.42 Å². The van der Waals surface area contributed by atoms with E-state index in [4.69, 9.17) is 0 Å². The summed E-state index contributed by atoms with van der Waals surface area (Å²) in [7, 11) is 1.89. The average Bonchev–Trinajstić information content (AvgIpc) is 2.66. The van der Waals surface area contributed by atoms with E-state index in [0.717, 1.165) is 11.4 Å². The fraction of sp³-hybridized carbons (Fsp3) is 0.167. The van der Waals surface area contributed by atoms with Crippen molar-refractivity contribution in [3.63, 3.8) is 0 Å². The normalized spacial score (nSPS) is 10.2. The number of benzene rings is 1. The molecule has 0 N–H and O–H groups in total. The van der Waals surface area contributed by atoms with Gasteiger partial charge in [-0.1, -0.05) is 30.3 Å². The van der Waals surface area contributed by atoms with Crippen LogP contribution in [0.25, 0.3) is 0 Å². The summed E-state index contributed by atoms with van der Waals surface area (Å²) >= 11 is 0. The molecule has 2 aromatic rings. The van der Waals surface area contributed by atoms with Crippen molar-refractivity contribution >= 4 is 5.78 Å². The van der Waals surface area contributed by atoms with E-state index < -0.39 is 0 Å². The Bertz CT molecular complexity index is 459. The van der Waals surface area contributed by atoms with Crippen molar-refractivity contribution < 1.29 is 4.79 Å². The van der Waals surface area contributed by atoms with Crippen molar-refractivity contribution in [3.05, 3.63) is 54.1 Å². The van der Waals surface area contributed by atoms with Crippen LogP contribution in [0.3, 0.4) is 0 Å². The zero-order valence-corrected chi connectivity index (χ0v) is 8.55. The highest BCUT2D eigenvalue weighted by Gasteiger charge is 2.08. The zero-order chi connectivity index (χ0) is 10.7. The van der Waals surface area contributed by atoms with Gasteiger partial charge in [0, 0.05) is 25.0 Å². The van der Waals surface area contributed by atoms with E-state index >= 15 is 0 Å². The summed E-state index contributed by atoms with van der Waals surface area (Å²) in [6.07, 6.45) is 3.90. The monoisotopic (exact) mass is 200 g/mol. The molecule has 0 aliphatic carbocycles. The minimum Gasteiger partial charge on any atom is -0.338 e. The second-order valence-corrected chi connectivity index (χ2v) is 3.42. The Balaban J connectivity index is 2.15. The van der Waals surface area contributed by atoms with Gasteiger partial charge < -0.3 is 4.57 Å². The van der Waals surface area contributed by atoms with Crippen LogP contribution in [0.1, 0.15) is 16.2 Å². The highest BCUT2D eigenvalue weighted by Crippen LogP contribution is 2.05. The molecular weight excluding hydrogens is 188 g/mol. The predicted molar refractivity (Wildman–Crippen MR) is 57.7 cm³/mol. The van der Waals surface area contributed by atoms with Gasteiger partial charge in [-0.3, -0.25) is 4.79 Å². The molecule has 0 spiro atoms. The number of hydrogen-bond acceptors (Lipinski definition) is 2. The number of aryl methyl sites for hydroxylation is 1. The van der Waals surface area contributed by atoms with Gasteiger partial charge in [-0.05, 0) is 0 Å². The van der Waals surface area contributed by atoms with Gasteiger partial charge in [0.25, 0.3) is 0 Å². The first-order chi connectivity index (χ1) is 7.27. The Hall–Kier alpha value is -1.90. The van der Waals surface area contributed by atoms with Gasteiger partial charge in [-0.2, -0.15) is 0 Å².